The van der Waals surface area contributed by atoms with Gasteiger partial charge >= 0.3 is 18.3 Å². The highest BCUT2D eigenvalue weighted by atomic mass is 16.6. The first-order valence-corrected chi connectivity index (χ1v) is 15.7. The minimum absolute atomic E-state index is 0.0144. The van der Waals surface area contributed by atoms with Crippen molar-refractivity contribution in [3.63, 3.8) is 0 Å². The third kappa shape index (κ3) is 10.0. The average Bonchev–Trinajstić information content (AvgIpc) is 3.01. The molecule has 4 rings (SSSR count). The molecule has 0 radical (unpaired) electrons. The van der Waals surface area contributed by atoms with E-state index in [0.29, 0.717) is 24.3 Å². The number of anilines is 1. The van der Waals surface area contributed by atoms with E-state index in [9.17, 15) is 24.3 Å². The molecule has 2 heterocycles. The molecule has 0 spiro atoms. The van der Waals surface area contributed by atoms with E-state index in [-0.39, 0.29) is 24.9 Å². The van der Waals surface area contributed by atoms with E-state index in [1.54, 1.807) is 95.2 Å². The number of hydrogen-bond donors (Lipinski definition) is 1. The molecule has 1 fully saturated rings. The molecule has 1 aliphatic heterocycles. The van der Waals surface area contributed by atoms with Crippen molar-refractivity contribution in [1.29, 1.82) is 0 Å². The van der Waals surface area contributed by atoms with Crippen molar-refractivity contribution in [3.8, 4) is 0 Å². The lowest BCUT2D eigenvalue weighted by atomic mass is 9.88. The van der Waals surface area contributed by atoms with Gasteiger partial charge in [0.1, 0.15) is 11.2 Å². The summed E-state index contributed by atoms with van der Waals surface area (Å²) in [6.45, 7) is 11.6. The number of pyridine rings is 1. The Morgan fingerprint density at radius 1 is 0.830 bits per heavy atom. The van der Waals surface area contributed by atoms with Gasteiger partial charge in [-0.2, -0.15) is 0 Å². The normalized spacial score (nSPS) is 13.9. The van der Waals surface area contributed by atoms with Crippen LogP contribution in [0.25, 0.3) is 0 Å². The van der Waals surface area contributed by atoms with Crippen LogP contribution in [0.15, 0.2) is 73.1 Å². The van der Waals surface area contributed by atoms with Gasteiger partial charge in [-0.25, -0.2) is 19.3 Å². The third-order valence-corrected chi connectivity index (χ3v) is 7.47. The minimum Gasteiger partial charge on any atom is -0.465 e. The molecular formula is C36H44N4O7. The Labute approximate surface area is 276 Å². The molecule has 1 N–H and O–H groups in total. The number of likely N-dealkylation sites (tertiary alicyclic amines) is 1. The first kappa shape index (κ1) is 34.9. The fraction of sp³-hybridized carbons (Fsp3) is 0.417. The van der Waals surface area contributed by atoms with Crippen LogP contribution < -0.4 is 4.90 Å². The van der Waals surface area contributed by atoms with Gasteiger partial charge in [-0.1, -0.05) is 36.4 Å². The number of rotatable bonds is 7. The second kappa shape index (κ2) is 14.7. The number of carbonyl (C=O) groups excluding carboxylic acids is 3. The van der Waals surface area contributed by atoms with Crippen LogP contribution in [0, 0.1) is 0 Å². The Morgan fingerprint density at radius 3 is 2.02 bits per heavy atom. The van der Waals surface area contributed by atoms with Crippen molar-refractivity contribution in [2.45, 2.75) is 84.6 Å². The molecule has 0 saturated carbocycles. The number of hydrogen-bond acceptors (Lipinski definition) is 7. The van der Waals surface area contributed by atoms with E-state index in [2.05, 4.69) is 4.98 Å². The maximum Gasteiger partial charge on any atom is 0.420 e. The first-order valence-electron chi connectivity index (χ1n) is 15.7. The molecule has 250 valence electrons. The topological polar surface area (TPSA) is 130 Å². The molecule has 47 heavy (non-hydrogen) atoms. The van der Waals surface area contributed by atoms with E-state index >= 15 is 0 Å². The Morgan fingerprint density at radius 2 is 1.45 bits per heavy atom. The van der Waals surface area contributed by atoms with Crippen molar-refractivity contribution in [2.75, 3.05) is 18.0 Å². The van der Waals surface area contributed by atoms with Crippen molar-refractivity contribution in [3.05, 3.63) is 95.3 Å². The fourth-order valence-electron chi connectivity index (χ4n) is 5.31. The number of nitrogens with zero attached hydrogens (tertiary/aromatic N) is 4. The molecule has 0 atom stereocenters. The van der Waals surface area contributed by atoms with E-state index in [4.69, 9.17) is 9.47 Å². The number of amides is 4. The molecule has 0 unspecified atom stereocenters. The number of ether oxygens (including phenoxy) is 2. The summed E-state index contributed by atoms with van der Waals surface area (Å²) in [4.78, 5) is 59.6. The molecule has 2 aromatic carbocycles. The van der Waals surface area contributed by atoms with Crippen LogP contribution in [0.4, 0.5) is 20.1 Å². The third-order valence-electron chi connectivity index (χ3n) is 7.47. The van der Waals surface area contributed by atoms with E-state index < -0.39 is 29.5 Å². The van der Waals surface area contributed by atoms with Crippen LogP contribution in [-0.4, -0.2) is 68.4 Å². The molecule has 0 bridgehead atoms. The minimum atomic E-state index is -1.12. The highest BCUT2D eigenvalue weighted by Gasteiger charge is 2.32. The Kier molecular flexibility index (Phi) is 10.9. The molecule has 1 aliphatic rings. The fourth-order valence-corrected chi connectivity index (χ4v) is 5.31. The molecular weight excluding hydrogens is 600 g/mol. The first-order chi connectivity index (χ1) is 22.1. The number of piperidine rings is 1. The second-order valence-electron chi connectivity index (χ2n) is 13.6. The lowest BCUT2D eigenvalue weighted by molar-refractivity contribution is -0.000287. The van der Waals surface area contributed by atoms with Crippen LogP contribution in [0.5, 0.6) is 0 Å². The summed E-state index contributed by atoms with van der Waals surface area (Å²) in [5.41, 5.74) is 1.79. The smallest absolute Gasteiger partial charge is 0.420 e. The van der Waals surface area contributed by atoms with Gasteiger partial charge in [-0.15, -0.1) is 0 Å². The highest BCUT2D eigenvalue weighted by molar-refractivity contribution is 5.96. The molecule has 11 nitrogen and oxygen atoms in total. The van der Waals surface area contributed by atoms with Gasteiger partial charge in [0, 0.05) is 36.7 Å². The molecule has 1 saturated heterocycles. The van der Waals surface area contributed by atoms with Gasteiger partial charge in [0.05, 0.1) is 13.1 Å². The Balaban J connectivity index is 1.43. The zero-order chi connectivity index (χ0) is 34.4. The molecule has 4 amide bonds. The maximum atomic E-state index is 13.5. The number of imide groups is 1. The van der Waals surface area contributed by atoms with Gasteiger partial charge in [0.25, 0.3) is 5.91 Å². The zero-order valence-corrected chi connectivity index (χ0v) is 27.9. The number of carbonyl (C=O) groups is 4. The summed E-state index contributed by atoms with van der Waals surface area (Å²) in [7, 11) is 0. The van der Waals surface area contributed by atoms with Crippen LogP contribution in [-0.2, 0) is 22.6 Å². The maximum absolute atomic E-state index is 13.5. The van der Waals surface area contributed by atoms with E-state index in [1.807, 2.05) is 24.3 Å². The van der Waals surface area contributed by atoms with Crippen LogP contribution in [0.2, 0.25) is 0 Å². The summed E-state index contributed by atoms with van der Waals surface area (Å²) in [6.07, 6.45) is 2.00. The van der Waals surface area contributed by atoms with Crippen LogP contribution >= 0.6 is 0 Å². The largest absolute Gasteiger partial charge is 0.465 e. The molecule has 3 aromatic rings. The lowest BCUT2D eigenvalue weighted by Gasteiger charge is -2.33. The SMILES string of the molecule is CC(C)(C)OC(=O)N(Cc1cccc(C2CCN(C(=O)c3cccc(N(Cc4cccnc4)C(=O)O)c3)CC2)c1)C(=O)OC(C)(C)C. The van der Waals surface area contributed by atoms with Crippen molar-refractivity contribution in [2.24, 2.45) is 0 Å². The molecule has 1 aromatic heterocycles. The second-order valence-corrected chi connectivity index (χ2v) is 13.6. The van der Waals surface area contributed by atoms with Gasteiger partial charge in [-0.3, -0.25) is 14.7 Å². The predicted octanol–water partition coefficient (Wildman–Crippen LogP) is 7.46. The van der Waals surface area contributed by atoms with Crippen molar-refractivity contribution < 1.29 is 33.8 Å². The quantitative estimate of drug-likeness (QED) is 0.281. The number of carboxylic acid groups (broad SMARTS) is 1. The summed E-state index contributed by atoms with van der Waals surface area (Å²) in [5, 5.41) is 9.88. The highest BCUT2D eigenvalue weighted by Crippen LogP contribution is 2.30. The van der Waals surface area contributed by atoms with Crippen molar-refractivity contribution in [1.82, 2.24) is 14.8 Å². The number of aromatic nitrogens is 1. The van der Waals surface area contributed by atoms with Gasteiger partial charge in [-0.05, 0) is 101 Å². The summed E-state index contributed by atoms with van der Waals surface area (Å²) < 4.78 is 11.0. The van der Waals surface area contributed by atoms with Crippen molar-refractivity contribution >= 4 is 29.9 Å². The summed E-state index contributed by atoms with van der Waals surface area (Å²) in [5.74, 6) is 0.0138. The molecule has 11 heteroatoms. The zero-order valence-electron chi connectivity index (χ0n) is 27.9. The Hall–Kier alpha value is -4.93. The summed E-state index contributed by atoms with van der Waals surface area (Å²) in [6, 6.07) is 18.0. The standard InChI is InChI=1S/C36H44N4O7/c1-35(2,3)46-33(44)40(34(45)47-36(4,5)6)23-25-10-7-12-28(20-25)27-15-18-38(19-16-27)31(41)29-13-8-14-30(21-29)39(32(42)43)24-26-11-9-17-37-22-26/h7-14,17,20-22,27H,15-16,18-19,23-24H2,1-6H3,(H,42,43). The van der Waals surface area contributed by atoms with Gasteiger partial charge in [0.2, 0.25) is 0 Å². The van der Waals surface area contributed by atoms with Gasteiger partial charge in [0.15, 0.2) is 0 Å². The summed E-state index contributed by atoms with van der Waals surface area (Å²) >= 11 is 0. The van der Waals surface area contributed by atoms with E-state index in [0.717, 1.165) is 34.4 Å². The monoisotopic (exact) mass is 644 g/mol. The van der Waals surface area contributed by atoms with E-state index in [1.165, 1.54) is 4.90 Å². The predicted molar refractivity (Wildman–Crippen MR) is 177 cm³/mol. The lowest BCUT2D eigenvalue weighted by Crippen LogP contribution is -2.43. The van der Waals surface area contributed by atoms with Crippen LogP contribution in [0.1, 0.15) is 87.4 Å². The number of benzene rings is 2. The van der Waals surface area contributed by atoms with Crippen LogP contribution in [0.3, 0.4) is 0 Å². The van der Waals surface area contributed by atoms with Gasteiger partial charge < -0.3 is 19.5 Å². The molecule has 0 aliphatic carbocycles. The average molecular weight is 645 g/mol. The Bertz CT molecular complexity index is 1540.